The van der Waals surface area contributed by atoms with Crippen LogP contribution in [-0.4, -0.2) is 13.9 Å². The van der Waals surface area contributed by atoms with Crippen molar-refractivity contribution in [3.63, 3.8) is 0 Å². The molecule has 0 amide bonds. The van der Waals surface area contributed by atoms with Gasteiger partial charge in [0.25, 0.3) is 0 Å². The monoisotopic (exact) mass is 268 g/mol. The van der Waals surface area contributed by atoms with Crippen LogP contribution in [0.2, 0.25) is 18.1 Å². The van der Waals surface area contributed by atoms with E-state index in [9.17, 15) is 0 Å². The highest BCUT2D eigenvalue weighted by Crippen LogP contribution is 2.28. The molecule has 0 aliphatic heterocycles. The van der Waals surface area contributed by atoms with Crippen LogP contribution in [0.25, 0.3) is 0 Å². The molecule has 1 nitrogen and oxygen atoms in total. The predicted molar refractivity (Wildman–Crippen MR) is 85.5 cm³/mol. The summed E-state index contributed by atoms with van der Waals surface area (Å²) in [6.45, 7) is 17.7. The SMILES string of the molecule is CC[Si](CC)(CC)OC(C)(C)/C=C\C(C)=C(C)C. The maximum absolute atomic E-state index is 6.53. The topological polar surface area (TPSA) is 9.23 Å². The number of rotatable bonds is 7. The van der Waals surface area contributed by atoms with Gasteiger partial charge in [-0.3, -0.25) is 0 Å². The van der Waals surface area contributed by atoms with Crippen molar-refractivity contribution in [3.05, 3.63) is 23.3 Å². The summed E-state index contributed by atoms with van der Waals surface area (Å²) in [5.74, 6) is 0. The van der Waals surface area contributed by atoms with E-state index in [0.717, 1.165) is 0 Å². The summed E-state index contributed by atoms with van der Waals surface area (Å²) in [7, 11) is -1.52. The summed E-state index contributed by atoms with van der Waals surface area (Å²) in [6, 6.07) is 3.62. The maximum Gasteiger partial charge on any atom is 0.193 e. The van der Waals surface area contributed by atoms with E-state index in [-0.39, 0.29) is 5.60 Å². The standard InChI is InChI=1S/C16H32OSi/c1-9-18(10-2,11-3)17-16(7,8)13-12-15(6)14(4)5/h12-13H,9-11H2,1-8H3/b13-12-. The summed E-state index contributed by atoms with van der Waals surface area (Å²) < 4.78 is 6.53. The van der Waals surface area contributed by atoms with Crippen molar-refractivity contribution in [1.82, 2.24) is 0 Å². The molecule has 0 aliphatic carbocycles. The quantitative estimate of drug-likeness (QED) is 0.425. The third-order valence-corrected chi connectivity index (χ3v) is 8.76. The fraction of sp³-hybridized carbons (Fsp3) is 0.750. The van der Waals surface area contributed by atoms with Crippen molar-refractivity contribution in [2.75, 3.05) is 0 Å². The molecule has 0 aromatic carbocycles. The Labute approximate surface area is 115 Å². The van der Waals surface area contributed by atoms with Crippen LogP contribution in [0.5, 0.6) is 0 Å². The average Bonchev–Trinajstić information content (AvgIpc) is 2.33. The van der Waals surface area contributed by atoms with Crippen LogP contribution < -0.4 is 0 Å². The second kappa shape index (κ2) is 7.30. The molecule has 0 saturated carbocycles. The van der Waals surface area contributed by atoms with Gasteiger partial charge < -0.3 is 4.43 Å². The first-order valence-electron chi connectivity index (χ1n) is 7.25. The van der Waals surface area contributed by atoms with Gasteiger partial charge in [-0.25, -0.2) is 0 Å². The lowest BCUT2D eigenvalue weighted by Crippen LogP contribution is -2.43. The van der Waals surface area contributed by atoms with Crippen LogP contribution in [-0.2, 0) is 4.43 Å². The van der Waals surface area contributed by atoms with Gasteiger partial charge >= 0.3 is 0 Å². The van der Waals surface area contributed by atoms with E-state index in [0.29, 0.717) is 0 Å². The molecule has 0 aliphatic rings. The van der Waals surface area contributed by atoms with Gasteiger partial charge in [0.1, 0.15) is 0 Å². The summed E-state index contributed by atoms with van der Waals surface area (Å²) in [5, 5.41) is 0. The highest BCUT2D eigenvalue weighted by atomic mass is 28.4. The largest absolute Gasteiger partial charge is 0.409 e. The molecule has 0 spiro atoms. The molecule has 0 atom stereocenters. The minimum absolute atomic E-state index is 0.148. The van der Waals surface area contributed by atoms with E-state index >= 15 is 0 Å². The molecule has 0 N–H and O–H groups in total. The van der Waals surface area contributed by atoms with Gasteiger partial charge in [0.05, 0.1) is 5.60 Å². The smallest absolute Gasteiger partial charge is 0.193 e. The Balaban J connectivity index is 4.90. The maximum atomic E-state index is 6.53. The molecule has 0 aromatic heterocycles. The molecular formula is C16H32OSi. The van der Waals surface area contributed by atoms with E-state index in [2.05, 4.69) is 67.5 Å². The Hall–Kier alpha value is -0.343. The van der Waals surface area contributed by atoms with Gasteiger partial charge in [-0.15, -0.1) is 0 Å². The van der Waals surface area contributed by atoms with Crippen LogP contribution in [0.3, 0.4) is 0 Å². The van der Waals surface area contributed by atoms with Gasteiger partial charge in [0, 0.05) is 0 Å². The molecule has 106 valence electrons. The van der Waals surface area contributed by atoms with Gasteiger partial charge in [0.15, 0.2) is 8.32 Å². The van der Waals surface area contributed by atoms with Crippen molar-refractivity contribution in [2.24, 2.45) is 0 Å². The minimum Gasteiger partial charge on any atom is -0.409 e. The van der Waals surface area contributed by atoms with E-state index in [4.69, 9.17) is 4.43 Å². The highest BCUT2D eigenvalue weighted by Gasteiger charge is 2.34. The molecule has 2 heteroatoms. The van der Waals surface area contributed by atoms with E-state index in [1.165, 1.54) is 29.3 Å². The molecule has 18 heavy (non-hydrogen) atoms. The normalized spacial score (nSPS) is 13.1. The second-order valence-corrected chi connectivity index (χ2v) is 10.7. The molecule has 0 radical (unpaired) electrons. The molecule has 0 rings (SSSR count). The van der Waals surface area contributed by atoms with Crippen LogP contribution in [0, 0.1) is 0 Å². The lowest BCUT2D eigenvalue weighted by atomic mass is 10.1. The Kier molecular flexibility index (Phi) is 7.16. The zero-order valence-corrected chi connectivity index (χ0v) is 14.7. The fourth-order valence-corrected chi connectivity index (χ4v) is 5.17. The predicted octanol–water partition coefficient (Wildman–Crippen LogP) is 5.70. The first kappa shape index (κ1) is 17.7. The molecule has 0 aromatic rings. The van der Waals surface area contributed by atoms with Gasteiger partial charge in [-0.1, -0.05) is 44.1 Å². The van der Waals surface area contributed by atoms with Crippen molar-refractivity contribution in [3.8, 4) is 0 Å². The average molecular weight is 269 g/mol. The molecule has 0 heterocycles. The Bertz CT molecular complexity index is 297. The Morgan fingerprint density at radius 1 is 1.00 bits per heavy atom. The minimum atomic E-state index is -1.52. The highest BCUT2D eigenvalue weighted by molar-refractivity contribution is 6.73. The summed E-state index contributed by atoms with van der Waals surface area (Å²) in [5.41, 5.74) is 2.56. The number of hydrogen-bond donors (Lipinski definition) is 0. The summed E-state index contributed by atoms with van der Waals surface area (Å²) in [4.78, 5) is 0. The second-order valence-electron chi connectivity index (χ2n) is 5.97. The van der Waals surface area contributed by atoms with Crippen molar-refractivity contribution < 1.29 is 4.43 Å². The van der Waals surface area contributed by atoms with Crippen molar-refractivity contribution >= 4 is 8.32 Å². The molecule has 0 saturated heterocycles. The Morgan fingerprint density at radius 2 is 1.44 bits per heavy atom. The molecule has 0 fully saturated rings. The van der Waals surface area contributed by atoms with Crippen molar-refractivity contribution in [1.29, 1.82) is 0 Å². The van der Waals surface area contributed by atoms with Crippen LogP contribution >= 0.6 is 0 Å². The van der Waals surface area contributed by atoms with E-state index < -0.39 is 8.32 Å². The summed E-state index contributed by atoms with van der Waals surface area (Å²) >= 11 is 0. The fourth-order valence-electron chi connectivity index (χ4n) is 2.05. The third kappa shape index (κ3) is 5.53. The first-order chi connectivity index (χ1) is 8.22. The van der Waals surface area contributed by atoms with Gasteiger partial charge in [-0.2, -0.15) is 0 Å². The van der Waals surface area contributed by atoms with Crippen LogP contribution in [0.15, 0.2) is 23.3 Å². The third-order valence-electron chi connectivity index (χ3n) is 3.94. The summed E-state index contributed by atoms with van der Waals surface area (Å²) in [6.07, 6.45) is 4.42. The van der Waals surface area contributed by atoms with Gasteiger partial charge in [-0.05, 0) is 52.8 Å². The number of allylic oxidation sites excluding steroid dienone is 3. The lowest BCUT2D eigenvalue weighted by molar-refractivity contribution is 0.146. The molecular weight excluding hydrogens is 236 g/mol. The van der Waals surface area contributed by atoms with Crippen LogP contribution in [0.1, 0.15) is 55.4 Å². The zero-order chi connectivity index (χ0) is 14.4. The Morgan fingerprint density at radius 3 is 1.78 bits per heavy atom. The van der Waals surface area contributed by atoms with E-state index in [1.54, 1.807) is 0 Å². The first-order valence-corrected chi connectivity index (χ1v) is 9.78. The van der Waals surface area contributed by atoms with Gasteiger partial charge in [0.2, 0.25) is 0 Å². The molecule has 0 unspecified atom stereocenters. The number of hydrogen-bond acceptors (Lipinski definition) is 1. The van der Waals surface area contributed by atoms with Crippen LogP contribution in [0.4, 0.5) is 0 Å². The van der Waals surface area contributed by atoms with Crippen molar-refractivity contribution in [2.45, 2.75) is 79.1 Å². The molecule has 0 bridgehead atoms. The lowest BCUT2D eigenvalue weighted by Gasteiger charge is -2.36. The zero-order valence-electron chi connectivity index (χ0n) is 13.7. The van der Waals surface area contributed by atoms with E-state index in [1.807, 2.05) is 0 Å².